The third-order valence-corrected chi connectivity index (χ3v) is 2.56. The highest BCUT2D eigenvalue weighted by Crippen LogP contribution is 2.16. The van der Waals surface area contributed by atoms with E-state index in [1.54, 1.807) is 13.7 Å². The Morgan fingerprint density at radius 2 is 2.25 bits per heavy atom. The molecule has 0 spiro atoms. The van der Waals surface area contributed by atoms with Crippen molar-refractivity contribution in [2.45, 2.75) is 18.9 Å². The Morgan fingerprint density at radius 3 is 2.58 bits per heavy atom. The first-order valence-corrected chi connectivity index (χ1v) is 5.75. The van der Waals surface area contributed by atoms with Crippen LogP contribution in [0.5, 0.6) is 0 Å². The highest BCUT2D eigenvalue weighted by atomic mass is 31.1. The highest BCUT2D eigenvalue weighted by Gasteiger charge is 2.15. The summed E-state index contributed by atoms with van der Waals surface area (Å²) in [5.74, 6) is -0.844. The zero-order valence-corrected chi connectivity index (χ0v) is 8.30. The Morgan fingerprint density at radius 1 is 1.67 bits per heavy atom. The van der Waals surface area contributed by atoms with Crippen LogP contribution in [0.25, 0.3) is 0 Å². The number of hydrogen-bond donors (Lipinski definition) is 2. The molecule has 0 rings (SSSR count). The largest absolute Gasteiger partial charge is 0.480 e. The molecule has 0 aliphatic carbocycles. The van der Waals surface area contributed by atoms with E-state index in [9.17, 15) is 9.36 Å². The molecule has 0 aliphatic heterocycles. The van der Waals surface area contributed by atoms with Gasteiger partial charge in [-0.25, -0.2) is 0 Å². The van der Waals surface area contributed by atoms with Gasteiger partial charge >= 0.3 is 13.8 Å². The predicted octanol–water partition coefficient (Wildman–Crippen LogP) is 0.896. The van der Waals surface area contributed by atoms with Crippen molar-refractivity contribution in [2.24, 2.45) is 0 Å². The first-order valence-electron chi connectivity index (χ1n) is 3.86. The molecular formula is C7H15NO3P+. The van der Waals surface area contributed by atoms with Gasteiger partial charge in [0.25, 0.3) is 0 Å². The van der Waals surface area contributed by atoms with Crippen molar-refractivity contribution < 1.29 is 14.5 Å². The first-order chi connectivity index (χ1) is 5.57. The molecule has 0 saturated heterocycles. The molecule has 0 aromatic heterocycles. The quantitative estimate of drug-likeness (QED) is 0.613. The van der Waals surface area contributed by atoms with Gasteiger partial charge in [0.05, 0.1) is 0 Å². The average Bonchev–Trinajstić information content (AvgIpc) is 1.96. The van der Waals surface area contributed by atoms with Crippen LogP contribution in [0.3, 0.4) is 0 Å². The molecule has 5 heteroatoms. The molecular weight excluding hydrogens is 177 g/mol. The Balaban J connectivity index is 3.59. The number of aliphatic carboxylic acids is 1. The molecule has 0 fully saturated rings. The van der Waals surface area contributed by atoms with Crippen LogP contribution in [-0.2, 0) is 9.36 Å². The Kier molecular flexibility index (Phi) is 5.85. The van der Waals surface area contributed by atoms with Gasteiger partial charge in [0.15, 0.2) is 0 Å². The smallest absolute Gasteiger partial charge is 0.335 e. The fourth-order valence-electron chi connectivity index (χ4n) is 0.909. The van der Waals surface area contributed by atoms with Gasteiger partial charge in [-0.15, -0.1) is 0 Å². The molecule has 2 N–H and O–H groups in total. The van der Waals surface area contributed by atoms with Crippen LogP contribution < -0.4 is 5.32 Å². The molecule has 2 atom stereocenters. The molecule has 0 aliphatic rings. The number of carboxylic acids is 1. The number of carbonyl (C=O) groups is 1. The lowest BCUT2D eigenvalue weighted by Crippen LogP contribution is -2.33. The molecule has 0 heterocycles. The number of nitrogens with one attached hydrogen (secondary N) is 1. The topological polar surface area (TPSA) is 66.4 Å². The Hall–Kier alpha value is -0.470. The molecule has 2 unspecified atom stereocenters. The van der Waals surface area contributed by atoms with Crippen LogP contribution in [0.1, 0.15) is 12.8 Å². The van der Waals surface area contributed by atoms with Gasteiger partial charge in [-0.1, -0.05) is 4.57 Å². The summed E-state index contributed by atoms with van der Waals surface area (Å²) in [6, 6.07) is -0.500. The van der Waals surface area contributed by atoms with Gasteiger partial charge in [-0.3, -0.25) is 4.79 Å². The predicted molar refractivity (Wildman–Crippen MR) is 48.1 cm³/mol. The zero-order valence-electron chi connectivity index (χ0n) is 7.41. The van der Waals surface area contributed by atoms with Gasteiger partial charge in [0.2, 0.25) is 0 Å². The van der Waals surface area contributed by atoms with Crippen molar-refractivity contribution in [3.63, 3.8) is 0 Å². The van der Waals surface area contributed by atoms with Gasteiger partial charge in [-0.05, 0) is 19.9 Å². The molecule has 0 aromatic carbocycles. The molecule has 12 heavy (non-hydrogen) atoms. The summed E-state index contributed by atoms with van der Waals surface area (Å²) in [7, 11) is 0.490. The van der Waals surface area contributed by atoms with Crippen LogP contribution in [0.2, 0.25) is 0 Å². The van der Waals surface area contributed by atoms with Crippen LogP contribution in [0.15, 0.2) is 0 Å². The number of hydrogen-bond acceptors (Lipinski definition) is 3. The van der Waals surface area contributed by atoms with Gasteiger partial charge in [0.1, 0.15) is 18.9 Å². The third kappa shape index (κ3) is 5.22. The van der Waals surface area contributed by atoms with E-state index < -0.39 is 19.8 Å². The normalized spacial score (nSPS) is 14.0. The van der Waals surface area contributed by atoms with Crippen molar-refractivity contribution in [3.8, 4) is 0 Å². The molecule has 0 aromatic rings. The number of carboxylic acid groups (broad SMARTS) is 1. The summed E-state index contributed by atoms with van der Waals surface area (Å²) in [5, 5.41) is 11.3. The second-order valence-corrected chi connectivity index (χ2v) is 4.38. The van der Waals surface area contributed by atoms with Crippen molar-refractivity contribution in [3.05, 3.63) is 0 Å². The van der Waals surface area contributed by atoms with E-state index in [0.29, 0.717) is 19.0 Å². The maximum absolute atomic E-state index is 10.7. The van der Waals surface area contributed by atoms with Crippen molar-refractivity contribution in [1.82, 2.24) is 5.32 Å². The number of likely N-dealkylation sites (N-methyl/N-ethyl adjacent to an activating group) is 1. The number of rotatable bonds is 6. The first kappa shape index (κ1) is 11.5. The summed E-state index contributed by atoms with van der Waals surface area (Å²) in [6.07, 6.45) is 1.85. The summed E-state index contributed by atoms with van der Waals surface area (Å²) in [6.45, 7) is 1.66. The van der Waals surface area contributed by atoms with Crippen LogP contribution in [0.4, 0.5) is 0 Å². The van der Waals surface area contributed by atoms with Crippen LogP contribution >= 0.6 is 7.80 Å². The van der Waals surface area contributed by atoms with Crippen LogP contribution in [0, 0.1) is 0 Å². The highest BCUT2D eigenvalue weighted by molar-refractivity contribution is 7.43. The minimum Gasteiger partial charge on any atom is -0.480 e. The van der Waals surface area contributed by atoms with Crippen molar-refractivity contribution in [1.29, 1.82) is 0 Å². The van der Waals surface area contributed by atoms with Crippen LogP contribution in [-0.4, -0.2) is 37.0 Å². The minimum absolute atomic E-state index is 0.500. The molecule has 0 saturated carbocycles. The SMILES string of the molecule is CNC(CCC[P+](C)=O)C(=O)O. The maximum atomic E-state index is 10.7. The van der Waals surface area contributed by atoms with Gasteiger partial charge in [-0.2, -0.15) is 0 Å². The second kappa shape index (κ2) is 6.09. The summed E-state index contributed by atoms with van der Waals surface area (Å²) in [4.78, 5) is 10.5. The van der Waals surface area contributed by atoms with Crippen molar-refractivity contribution >= 4 is 13.8 Å². The summed E-state index contributed by atoms with van der Waals surface area (Å²) in [5.41, 5.74) is 0. The third-order valence-electron chi connectivity index (χ3n) is 1.61. The lowest BCUT2D eigenvalue weighted by atomic mass is 10.2. The molecule has 0 amide bonds. The fraction of sp³-hybridized carbons (Fsp3) is 0.857. The second-order valence-electron chi connectivity index (χ2n) is 2.67. The van der Waals surface area contributed by atoms with E-state index in [1.165, 1.54) is 0 Å². The van der Waals surface area contributed by atoms with Crippen molar-refractivity contribution in [2.75, 3.05) is 19.9 Å². The average molecular weight is 192 g/mol. The summed E-state index contributed by atoms with van der Waals surface area (Å²) < 4.78 is 10.7. The summed E-state index contributed by atoms with van der Waals surface area (Å²) >= 11 is 0. The van der Waals surface area contributed by atoms with E-state index in [4.69, 9.17) is 5.11 Å². The fourth-order valence-corrected chi connectivity index (χ4v) is 1.54. The zero-order chi connectivity index (χ0) is 9.56. The lowest BCUT2D eigenvalue weighted by Gasteiger charge is -2.07. The molecule has 4 nitrogen and oxygen atoms in total. The van der Waals surface area contributed by atoms with Gasteiger partial charge in [0, 0.05) is 0 Å². The molecule has 0 bridgehead atoms. The Labute approximate surface area is 73.1 Å². The van der Waals surface area contributed by atoms with E-state index in [-0.39, 0.29) is 0 Å². The lowest BCUT2D eigenvalue weighted by molar-refractivity contribution is -0.139. The molecule has 0 radical (unpaired) electrons. The Bertz CT molecular complexity index is 172. The van der Waals surface area contributed by atoms with E-state index in [0.717, 1.165) is 0 Å². The van der Waals surface area contributed by atoms with E-state index >= 15 is 0 Å². The van der Waals surface area contributed by atoms with E-state index in [1.807, 2.05) is 0 Å². The van der Waals surface area contributed by atoms with Gasteiger partial charge < -0.3 is 10.4 Å². The minimum atomic E-state index is -1.13. The standard InChI is InChI=1S/C7H14NO3P/c1-8-6(7(9)10)4-3-5-12(2)11/h6,8H,3-5H2,1-2H3/p+1. The maximum Gasteiger partial charge on any atom is 0.335 e. The molecule has 70 valence electrons. The monoisotopic (exact) mass is 192 g/mol. The van der Waals surface area contributed by atoms with E-state index in [2.05, 4.69) is 5.32 Å².